The lowest BCUT2D eigenvalue weighted by Gasteiger charge is -2.28. The van der Waals surface area contributed by atoms with Crippen LogP contribution in [0, 0.1) is 22.7 Å². The molecule has 2 aliphatic heterocycles. The highest BCUT2D eigenvalue weighted by Gasteiger charge is 2.63. The summed E-state index contributed by atoms with van der Waals surface area (Å²) < 4.78 is 46.0. The Morgan fingerprint density at radius 3 is 1.72 bits per heavy atom. The minimum Gasteiger partial charge on any atom is -0.481 e. The summed E-state index contributed by atoms with van der Waals surface area (Å²) in [4.78, 5) is 53.4. The lowest BCUT2D eigenvalue weighted by molar-refractivity contribution is -0.169. The van der Waals surface area contributed by atoms with Crippen molar-refractivity contribution in [1.29, 1.82) is 10.5 Å². The number of nitrogens with zero attached hydrogens (tertiary/aromatic N) is 8. The molecule has 2 fully saturated rings. The zero-order valence-electron chi connectivity index (χ0n) is 34.5. The van der Waals surface area contributed by atoms with Gasteiger partial charge in [0.05, 0.1) is 26.5 Å². The Bertz CT molecular complexity index is 2270. The van der Waals surface area contributed by atoms with E-state index in [1.807, 2.05) is 6.07 Å². The van der Waals surface area contributed by atoms with Crippen molar-refractivity contribution in [3.63, 3.8) is 0 Å². The van der Waals surface area contributed by atoms with Gasteiger partial charge in [0.25, 0.3) is 0 Å². The van der Waals surface area contributed by atoms with E-state index in [-0.39, 0.29) is 55.3 Å². The van der Waals surface area contributed by atoms with Crippen LogP contribution in [0.2, 0.25) is 0 Å². The van der Waals surface area contributed by atoms with Gasteiger partial charge in [0.2, 0.25) is 11.2 Å². The summed E-state index contributed by atoms with van der Waals surface area (Å²) in [7, 11) is -1.00. The number of aliphatic hydroxyl groups excluding tert-OH is 3. The molecule has 0 radical (unpaired) electrons. The van der Waals surface area contributed by atoms with E-state index >= 15 is 0 Å². The third kappa shape index (κ3) is 10.1. The normalized spacial score (nSPS) is 25.2. The summed E-state index contributed by atoms with van der Waals surface area (Å²) in [6.45, 7) is 5.55. The zero-order valence-corrected chi connectivity index (χ0v) is 33.5. The quantitative estimate of drug-likeness (QED) is 0.0868. The third-order valence-corrected chi connectivity index (χ3v) is 9.20. The number of halogens is 1. The molecule has 0 aliphatic carbocycles. The lowest BCUT2D eigenvalue weighted by Crippen LogP contribution is -2.46. The van der Waals surface area contributed by atoms with Crippen LogP contribution in [0.25, 0.3) is 11.0 Å². The monoisotopic (exact) mass is 859 g/mol. The summed E-state index contributed by atoms with van der Waals surface area (Å²) in [6.07, 6.45) is -4.88. The number of aliphatic carboxylic acids is 1. The molecule has 0 saturated carbocycles. The molecule has 8 N–H and O–H groups in total. The van der Waals surface area contributed by atoms with Gasteiger partial charge in [-0.1, -0.05) is 27.7 Å². The Morgan fingerprint density at radius 1 is 0.836 bits per heavy atom. The molecule has 23 nitrogen and oxygen atoms in total. The second kappa shape index (κ2) is 21.6. The molecule has 61 heavy (non-hydrogen) atoms. The summed E-state index contributed by atoms with van der Waals surface area (Å²) in [6, 6.07) is 10.2. The van der Waals surface area contributed by atoms with Crippen LogP contribution >= 0.6 is 0 Å². The number of nitrogen functional groups attached to an aromatic ring is 2. The highest BCUT2D eigenvalue weighted by Crippen LogP contribution is 2.44. The molecule has 0 bridgehead atoms. The van der Waals surface area contributed by atoms with E-state index in [1.165, 1.54) is 33.8 Å². The number of carboxylic acids is 1. The zero-order chi connectivity index (χ0) is 46.4. The Hall–Kier alpha value is -6.57. The number of fused-ring (bicyclic) bond motifs is 2. The largest absolute Gasteiger partial charge is 0.481 e. The topological polar surface area (TPSA) is 355 Å². The summed E-state index contributed by atoms with van der Waals surface area (Å²) in [5.41, 5.74) is 9.08. The number of hydrogen-bond donors (Lipinski definition) is 6. The summed E-state index contributed by atoms with van der Waals surface area (Å²) in [5, 5.41) is 65.0. The van der Waals surface area contributed by atoms with E-state index in [1.54, 1.807) is 39.8 Å². The molecule has 0 spiro atoms. The molecule has 6 heterocycles. The molecule has 0 aromatic carbocycles. The molecule has 2 saturated heterocycles. The number of rotatable bonds is 11. The molecule has 4 aromatic heterocycles. The maximum atomic E-state index is 12.3. The Labute approximate surface area is 348 Å². The number of alkyl halides is 1. The highest BCUT2D eigenvalue weighted by atomic mass is 19.1. The first-order valence-electron chi connectivity index (χ1n) is 19.2. The van der Waals surface area contributed by atoms with Gasteiger partial charge in [-0.2, -0.15) is 20.7 Å². The number of hydrogen-bond acceptors (Lipinski definition) is 20. The SMILES string of the molecule is CCC(=O)O.CCC(=O)OC[C@H]1O[C@@](C#N)(c2ccc3c(N)ncnn23)[C@H](OC(=O)CC)[C@@H]1OC(=O)CC.N#C[C@@]1(c2ccc3c(N)ncnn23)O[C@H](CO)[C@@H](O)[C@H]1O.[2H]CF. The minimum atomic E-state index is -1.94. The van der Waals surface area contributed by atoms with Crippen LogP contribution in [-0.2, 0) is 54.1 Å². The van der Waals surface area contributed by atoms with Crippen LogP contribution in [0.5, 0.6) is 0 Å². The third-order valence-electron chi connectivity index (χ3n) is 9.20. The average molecular weight is 860 g/mol. The van der Waals surface area contributed by atoms with Gasteiger partial charge >= 0.3 is 23.9 Å². The molecule has 0 amide bonds. The van der Waals surface area contributed by atoms with Gasteiger partial charge in [-0.25, -0.2) is 19.0 Å². The summed E-state index contributed by atoms with van der Waals surface area (Å²) >= 11 is 0. The first-order valence-corrected chi connectivity index (χ1v) is 18.5. The van der Waals surface area contributed by atoms with Crippen molar-refractivity contribution in [2.24, 2.45) is 0 Å². The number of carboxylic acid groups (broad SMARTS) is 1. The minimum absolute atomic E-state index is 0.00591. The van der Waals surface area contributed by atoms with Crippen molar-refractivity contribution >= 4 is 46.5 Å². The Kier molecular flexibility index (Phi) is 16.7. The molecule has 8 atom stereocenters. The van der Waals surface area contributed by atoms with E-state index in [0.717, 1.165) is 0 Å². The molecule has 4 aromatic rings. The number of nitrogens with two attached hydrogens (primary N) is 2. The van der Waals surface area contributed by atoms with E-state index in [0.29, 0.717) is 11.0 Å². The maximum Gasteiger partial charge on any atom is 0.306 e. The van der Waals surface area contributed by atoms with Crippen LogP contribution in [0.1, 0.15) is 66.1 Å². The predicted molar refractivity (Wildman–Crippen MR) is 205 cm³/mol. The van der Waals surface area contributed by atoms with Gasteiger partial charge in [-0.15, -0.1) is 0 Å². The fourth-order valence-corrected chi connectivity index (χ4v) is 6.10. The highest BCUT2D eigenvalue weighted by molar-refractivity contribution is 5.72. The van der Waals surface area contributed by atoms with Gasteiger partial charge in [0, 0.05) is 25.7 Å². The smallest absolute Gasteiger partial charge is 0.306 e. The van der Waals surface area contributed by atoms with Crippen LogP contribution in [0.3, 0.4) is 0 Å². The first-order chi connectivity index (χ1) is 29.5. The number of aromatic nitrogens is 6. The van der Waals surface area contributed by atoms with Crippen molar-refractivity contribution in [2.45, 2.75) is 101 Å². The molecule has 24 heteroatoms. The predicted octanol–water partition coefficient (Wildman–Crippen LogP) is 0.236. The van der Waals surface area contributed by atoms with Gasteiger partial charge in [-0.05, 0) is 24.3 Å². The second-order valence-corrected chi connectivity index (χ2v) is 12.8. The molecular formula is C37H47FN10O13. The van der Waals surface area contributed by atoms with Crippen molar-refractivity contribution < 1.29 is 69.0 Å². The van der Waals surface area contributed by atoms with Crippen molar-refractivity contribution in [3.8, 4) is 12.1 Å². The van der Waals surface area contributed by atoms with Crippen LogP contribution in [-0.4, -0.2) is 130 Å². The van der Waals surface area contributed by atoms with Crippen LogP contribution < -0.4 is 11.5 Å². The summed E-state index contributed by atoms with van der Waals surface area (Å²) in [5.74, 6) is -2.13. The van der Waals surface area contributed by atoms with E-state index in [4.69, 9.17) is 41.6 Å². The fraction of sp³-hybridized carbons (Fsp3) is 0.514. The van der Waals surface area contributed by atoms with Gasteiger partial charge in [0.15, 0.2) is 23.8 Å². The molecule has 0 unspecified atom stereocenters. The Morgan fingerprint density at radius 2 is 1.30 bits per heavy atom. The molecular weight excluding hydrogens is 811 g/mol. The van der Waals surface area contributed by atoms with Crippen LogP contribution in [0.15, 0.2) is 36.9 Å². The van der Waals surface area contributed by atoms with E-state index in [9.17, 15) is 49.4 Å². The number of ether oxygens (including phenoxy) is 5. The van der Waals surface area contributed by atoms with E-state index in [2.05, 4.69) is 26.2 Å². The van der Waals surface area contributed by atoms with Crippen LogP contribution in [0.4, 0.5) is 16.0 Å². The van der Waals surface area contributed by atoms with Gasteiger partial charge in [-0.3, -0.25) is 23.6 Å². The number of aliphatic hydroxyl groups is 3. The standard InChI is InChI=1S/C21H25N5O7.C12H13N5O4.C3H6O2.CH3F/c1-4-15(27)30-9-13-18(31-16(28)5-2)19(32-17(29)6-3)21(10-22,33-13)14-8-7-12-20(23)24-11-25-26(12)14;13-4-12(10(20)9(19)7(3-18)21-12)8-2-1-6-11(14)15-5-16-17(6)8;1-2-3(4)5;1-2/h7-8,11,13,18-19H,4-6,9H2,1-3H3,(H2,23,24,25);1-2,5,7,9-10,18-20H,3H2,(H2,14,15,16);2H2,1H3,(H,4,5);1H3/t13-,18-,19-,21+;7-,9-,10-,12+;;/m11../s1/i;;;1D. The number of carbonyl (C=O) groups is 4. The maximum absolute atomic E-state index is 12.3. The molecule has 330 valence electrons. The molecule has 2 aliphatic rings. The second-order valence-electron chi connectivity index (χ2n) is 12.8. The first kappa shape index (κ1) is 47.1. The number of nitriles is 2. The number of anilines is 2. The van der Waals surface area contributed by atoms with Crippen molar-refractivity contribution in [2.75, 3.05) is 31.8 Å². The van der Waals surface area contributed by atoms with Crippen molar-refractivity contribution in [1.82, 2.24) is 29.2 Å². The number of carbonyl (C=O) groups excluding carboxylic acids is 3. The average Bonchev–Trinajstić information content (AvgIpc) is 4.04. The fourth-order valence-electron chi connectivity index (χ4n) is 6.10. The number of esters is 3. The lowest BCUT2D eigenvalue weighted by atomic mass is 9.92. The van der Waals surface area contributed by atoms with E-state index < -0.39 is 85.5 Å². The van der Waals surface area contributed by atoms with Crippen molar-refractivity contribution in [3.05, 3.63) is 48.3 Å². The van der Waals surface area contributed by atoms with Gasteiger partial charge in [0.1, 0.15) is 66.8 Å². The van der Waals surface area contributed by atoms with Gasteiger partial charge < -0.3 is 55.6 Å². The Balaban J connectivity index is 0.000000300. The molecule has 6 rings (SSSR count).